The third-order valence-corrected chi connectivity index (χ3v) is 7.65. The summed E-state index contributed by atoms with van der Waals surface area (Å²) in [4.78, 5) is 23.4. The third-order valence-electron chi connectivity index (χ3n) is 5.87. The van der Waals surface area contributed by atoms with Crippen LogP contribution in [0.5, 0.6) is 11.6 Å². The lowest BCUT2D eigenvalue weighted by atomic mass is 10.1. The maximum absolute atomic E-state index is 13.3. The van der Waals surface area contributed by atoms with E-state index in [0.717, 1.165) is 25.0 Å². The first-order valence-electron chi connectivity index (χ1n) is 12.4. The molecule has 1 aliphatic rings. The average Bonchev–Trinajstić information content (AvgIpc) is 3.50. The third kappa shape index (κ3) is 6.61. The molecule has 1 aromatic heterocycles. The zero-order valence-electron chi connectivity index (χ0n) is 22.1. The largest absolute Gasteiger partial charge is 0.437 e. The van der Waals surface area contributed by atoms with Crippen LogP contribution < -0.4 is 14.8 Å². The molecule has 39 heavy (non-hydrogen) atoms. The molecule has 13 heteroatoms. The summed E-state index contributed by atoms with van der Waals surface area (Å²) in [7, 11) is -4.25. The van der Waals surface area contributed by atoms with E-state index in [1.54, 1.807) is 52.0 Å². The zero-order valence-corrected chi connectivity index (χ0v) is 22.9. The highest BCUT2D eigenvalue weighted by molar-refractivity contribution is 7.89. The Hall–Kier alpha value is -3.81. The van der Waals surface area contributed by atoms with E-state index >= 15 is 0 Å². The van der Waals surface area contributed by atoms with E-state index in [1.807, 2.05) is 6.07 Å². The number of nitro benzene ring substituents is 1. The Bertz CT molecular complexity index is 1470. The van der Waals surface area contributed by atoms with Crippen molar-refractivity contribution in [2.45, 2.75) is 57.1 Å². The number of hydrogen-bond acceptors (Lipinski definition) is 8. The van der Waals surface area contributed by atoms with Gasteiger partial charge in [0.1, 0.15) is 10.6 Å². The minimum Gasteiger partial charge on any atom is -0.437 e. The molecule has 1 atom stereocenters. The molecule has 1 amide bonds. The Morgan fingerprint density at radius 3 is 2.56 bits per heavy atom. The summed E-state index contributed by atoms with van der Waals surface area (Å²) in [6, 6.07) is 12.2. The van der Waals surface area contributed by atoms with Gasteiger partial charge in [-0.15, -0.1) is 0 Å². The van der Waals surface area contributed by atoms with Crippen molar-refractivity contribution in [1.29, 1.82) is 0 Å². The van der Waals surface area contributed by atoms with Crippen molar-refractivity contribution in [2.75, 3.05) is 13.2 Å². The van der Waals surface area contributed by atoms with Crippen LogP contribution in [0.4, 0.5) is 5.69 Å². The lowest BCUT2D eigenvalue weighted by Crippen LogP contribution is -2.40. The summed E-state index contributed by atoms with van der Waals surface area (Å²) in [5.41, 5.74) is -0.274. The van der Waals surface area contributed by atoms with Crippen molar-refractivity contribution in [3.63, 3.8) is 0 Å². The number of benzene rings is 2. The number of para-hydroxylation sites is 1. The van der Waals surface area contributed by atoms with Crippen molar-refractivity contribution in [3.05, 3.63) is 69.9 Å². The fourth-order valence-electron chi connectivity index (χ4n) is 4.12. The number of amides is 1. The number of rotatable bonds is 9. The Morgan fingerprint density at radius 2 is 1.95 bits per heavy atom. The van der Waals surface area contributed by atoms with Crippen molar-refractivity contribution in [3.8, 4) is 17.3 Å². The van der Waals surface area contributed by atoms with Crippen LogP contribution in [0.25, 0.3) is 5.69 Å². The first kappa shape index (κ1) is 28.2. The SMILES string of the molecule is Cc1c(C(=O)NCC2CCCO2)nn(-c2ccccc2)c1Oc1ccc([N+](=O)[O-])cc1S(=O)(=O)NC(C)(C)C. The Morgan fingerprint density at radius 1 is 1.23 bits per heavy atom. The molecule has 2 aromatic carbocycles. The van der Waals surface area contributed by atoms with Gasteiger partial charge in [0.05, 0.1) is 16.7 Å². The molecule has 0 saturated carbocycles. The molecular weight excluding hydrogens is 526 g/mol. The second kappa shape index (κ2) is 11.1. The molecule has 4 rings (SSSR count). The van der Waals surface area contributed by atoms with Crippen LogP contribution in [0.2, 0.25) is 0 Å². The summed E-state index contributed by atoms with van der Waals surface area (Å²) in [6.45, 7) is 7.58. The minimum absolute atomic E-state index is 0.0654. The molecule has 0 radical (unpaired) electrons. The zero-order chi connectivity index (χ0) is 28.4. The van der Waals surface area contributed by atoms with E-state index in [-0.39, 0.29) is 23.4 Å². The summed E-state index contributed by atoms with van der Waals surface area (Å²) >= 11 is 0. The Kier molecular flexibility index (Phi) is 8.04. The monoisotopic (exact) mass is 557 g/mol. The van der Waals surface area contributed by atoms with Crippen LogP contribution in [0.3, 0.4) is 0 Å². The van der Waals surface area contributed by atoms with Crippen LogP contribution in [-0.4, -0.2) is 53.8 Å². The highest BCUT2D eigenvalue weighted by atomic mass is 32.2. The average molecular weight is 558 g/mol. The van der Waals surface area contributed by atoms with E-state index in [0.29, 0.717) is 24.4 Å². The van der Waals surface area contributed by atoms with E-state index in [1.165, 1.54) is 10.7 Å². The smallest absolute Gasteiger partial charge is 0.272 e. The predicted octanol–water partition coefficient (Wildman–Crippen LogP) is 3.87. The van der Waals surface area contributed by atoms with E-state index in [2.05, 4.69) is 15.1 Å². The molecule has 208 valence electrons. The number of carbonyl (C=O) groups is 1. The lowest BCUT2D eigenvalue weighted by Gasteiger charge is -2.21. The van der Waals surface area contributed by atoms with Gasteiger partial charge in [-0.1, -0.05) is 18.2 Å². The normalized spacial score (nSPS) is 15.7. The number of hydrogen-bond donors (Lipinski definition) is 2. The van der Waals surface area contributed by atoms with Crippen molar-refractivity contribution >= 4 is 21.6 Å². The molecule has 0 spiro atoms. The first-order chi connectivity index (χ1) is 18.4. The number of carbonyl (C=O) groups excluding carboxylic acids is 1. The number of sulfonamides is 1. The molecule has 2 N–H and O–H groups in total. The molecule has 1 saturated heterocycles. The standard InChI is InChI=1S/C26H31N5O7S/c1-17-23(24(32)27-16-20-11-8-14-37-20)28-30(18-9-6-5-7-10-18)25(17)38-21-13-12-19(31(33)34)15-22(21)39(35,36)29-26(2,3)4/h5-7,9-10,12-13,15,20,29H,8,11,14,16H2,1-4H3,(H,27,32). The van der Waals surface area contributed by atoms with Gasteiger partial charge in [0.25, 0.3) is 11.6 Å². The molecule has 12 nitrogen and oxygen atoms in total. The van der Waals surface area contributed by atoms with Crippen LogP contribution in [0, 0.1) is 17.0 Å². The molecule has 3 aromatic rings. The van der Waals surface area contributed by atoms with Gasteiger partial charge in [-0.05, 0) is 58.7 Å². The number of nitrogens with one attached hydrogen (secondary N) is 2. The van der Waals surface area contributed by atoms with Gasteiger partial charge >= 0.3 is 0 Å². The van der Waals surface area contributed by atoms with Crippen LogP contribution in [0.1, 0.15) is 49.7 Å². The fraction of sp³-hybridized carbons (Fsp3) is 0.385. The van der Waals surface area contributed by atoms with E-state index < -0.39 is 37.0 Å². The molecular formula is C26H31N5O7S. The summed E-state index contributed by atoms with van der Waals surface area (Å²) in [5.74, 6) is -0.512. The minimum atomic E-state index is -4.25. The topological polar surface area (TPSA) is 155 Å². The molecule has 2 heterocycles. The number of nitrogens with zero attached hydrogens (tertiary/aromatic N) is 3. The van der Waals surface area contributed by atoms with Gasteiger partial charge in [-0.25, -0.2) is 13.1 Å². The van der Waals surface area contributed by atoms with Crippen molar-refractivity contribution in [2.24, 2.45) is 0 Å². The van der Waals surface area contributed by atoms with Crippen molar-refractivity contribution < 1.29 is 27.6 Å². The second-order valence-corrected chi connectivity index (χ2v) is 11.9. The molecule has 1 aliphatic heterocycles. The maximum Gasteiger partial charge on any atom is 0.272 e. The number of non-ortho nitro benzene ring substituents is 1. The number of aromatic nitrogens is 2. The van der Waals surface area contributed by atoms with E-state index in [9.17, 15) is 23.3 Å². The van der Waals surface area contributed by atoms with Gasteiger partial charge in [0.2, 0.25) is 15.9 Å². The number of ether oxygens (including phenoxy) is 2. The maximum atomic E-state index is 13.3. The van der Waals surface area contributed by atoms with Gasteiger partial charge in [0.15, 0.2) is 5.69 Å². The Labute approximate surface area is 226 Å². The predicted molar refractivity (Wildman–Crippen MR) is 143 cm³/mol. The van der Waals surface area contributed by atoms with Crippen LogP contribution in [-0.2, 0) is 14.8 Å². The fourth-order valence-corrected chi connectivity index (χ4v) is 5.69. The van der Waals surface area contributed by atoms with Crippen LogP contribution >= 0.6 is 0 Å². The van der Waals surface area contributed by atoms with Gasteiger partial charge < -0.3 is 14.8 Å². The quantitative estimate of drug-likeness (QED) is 0.297. The van der Waals surface area contributed by atoms with E-state index in [4.69, 9.17) is 9.47 Å². The van der Waals surface area contributed by atoms with Gasteiger partial charge in [0, 0.05) is 36.4 Å². The molecule has 1 fully saturated rings. The van der Waals surface area contributed by atoms with Crippen molar-refractivity contribution in [1.82, 2.24) is 19.8 Å². The van der Waals surface area contributed by atoms with Crippen LogP contribution in [0.15, 0.2) is 53.4 Å². The highest BCUT2D eigenvalue weighted by Gasteiger charge is 2.30. The van der Waals surface area contributed by atoms with Gasteiger partial charge in [-0.2, -0.15) is 9.78 Å². The summed E-state index contributed by atoms with van der Waals surface area (Å²) in [6.07, 6.45) is 1.72. The Balaban J connectivity index is 1.78. The molecule has 0 bridgehead atoms. The highest BCUT2D eigenvalue weighted by Crippen LogP contribution is 2.36. The molecule has 0 aliphatic carbocycles. The van der Waals surface area contributed by atoms with Gasteiger partial charge in [-0.3, -0.25) is 14.9 Å². The second-order valence-electron chi connectivity index (χ2n) is 10.2. The molecule has 1 unspecified atom stereocenters. The lowest BCUT2D eigenvalue weighted by molar-refractivity contribution is -0.385. The number of nitro groups is 1. The summed E-state index contributed by atoms with van der Waals surface area (Å²) < 4.78 is 42.2. The summed E-state index contributed by atoms with van der Waals surface area (Å²) in [5, 5.41) is 18.8. The first-order valence-corrected chi connectivity index (χ1v) is 13.9.